The highest BCUT2D eigenvalue weighted by Crippen LogP contribution is 2.19. The number of thioether (sulfide) groups is 1. The van der Waals surface area contributed by atoms with Crippen LogP contribution in [0.4, 0.5) is 5.82 Å². The number of aromatic nitrogens is 2. The van der Waals surface area contributed by atoms with Crippen molar-refractivity contribution in [2.75, 3.05) is 12.0 Å². The molecule has 0 saturated carbocycles. The molecule has 1 aromatic heterocycles. The standard InChI is InChI=1S/C10H11N3S/c1-14-10-7-9(11)13(12-10)8-5-3-2-4-6-8/h2-7H,11H2,1H3. The summed E-state index contributed by atoms with van der Waals surface area (Å²) in [6.45, 7) is 0. The van der Waals surface area contributed by atoms with E-state index in [1.54, 1.807) is 16.4 Å². The van der Waals surface area contributed by atoms with Gasteiger partial charge in [0.2, 0.25) is 0 Å². The minimum atomic E-state index is 0.667. The lowest BCUT2D eigenvalue weighted by atomic mass is 10.3. The number of para-hydroxylation sites is 1. The van der Waals surface area contributed by atoms with Crippen LogP contribution in [0.15, 0.2) is 41.4 Å². The van der Waals surface area contributed by atoms with Crippen LogP contribution in [0.2, 0.25) is 0 Å². The molecule has 0 aliphatic rings. The Hall–Kier alpha value is -1.42. The Labute approximate surface area is 86.9 Å². The first-order valence-corrected chi connectivity index (χ1v) is 5.48. The maximum Gasteiger partial charge on any atom is 0.128 e. The predicted octanol–water partition coefficient (Wildman–Crippen LogP) is 2.18. The minimum absolute atomic E-state index is 0.667. The van der Waals surface area contributed by atoms with Crippen LogP contribution in [0.1, 0.15) is 0 Å². The predicted molar refractivity (Wildman–Crippen MR) is 59.8 cm³/mol. The third-order valence-corrected chi connectivity index (χ3v) is 2.54. The van der Waals surface area contributed by atoms with Crippen molar-refractivity contribution in [1.29, 1.82) is 0 Å². The average Bonchev–Trinajstić information content (AvgIpc) is 2.61. The number of benzene rings is 1. The molecule has 1 aromatic carbocycles. The minimum Gasteiger partial charge on any atom is -0.384 e. The number of nitrogens with zero attached hydrogens (tertiary/aromatic N) is 2. The number of hydrogen-bond acceptors (Lipinski definition) is 3. The van der Waals surface area contributed by atoms with Crippen LogP contribution >= 0.6 is 11.8 Å². The SMILES string of the molecule is CSc1cc(N)n(-c2ccccc2)n1. The molecule has 0 aliphatic heterocycles. The summed E-state index contributed by atoms with van der Waals surface area (Å²) < 4.78 is 1.74. The highest BCUT2D eigenvalue weighted by atomic mass is 32.2. The number of hydrogen-bond donors (Lipinski definition) is 1. The van der Waals surface area contributed by atoms with E-state index in [4.69, 9.17) is 5.73 Å². The summed E-state index contributed by atoms with van der Waals surface area (Å²) in [4.78, 5) is 0. The summed E-state index contributed by atoms with van der Waals surface area (Å²) >= 11 is 1.59. The molecule has 2 aromatic rings. The molecule has 2 N–H and O–H groups in total. The topological polar surface area (TPSA) is 43.8 Å². The van der Waals surface area contributed by atoms with Crippen LogP contribution in [0, 0.1) is 0 Å². The Morgan fingerprint density at radius 2 is 2.00 bits per heavy atom. The first kappa shape index (κ1) is 9.15. The summed E-state index contributed by atoms with van der Waals surface area (Å²) in [5, 5.41) is 5.29. The lowest BCUT2D eigenvalue weighted by Gasteiger charge is -2.01. The monoisotopic (exact) mass is 205 g/mol. The van der Waals surface area contributed by atoms with E-state index in [-0.39, 0.29) is 0 Å². The molecule has 0 fully saturated rings. The highest BCUT2D eigenvalue weighted by Gasteiger charge is 2.04. The Balaban J connectivity index is 2.46. The molecule has 4 heteroatoms. The van der Waals surface area contributed by atoms with Gasteiger partial charge >= 0.3 is 0 Å². The van der Waals surface area contributed by atoms with E-state index in [2.05, 4.69) is 5.10 Å². The molecular weight excluding hydrogens is 194 g/mol. The Morgan fingerprint density at radius 1 is 1.29 bits per heavy atom. The molecule has 14 heavy (non-hydrogen) atoms. The van der Waals surface area contributed by atoms with Crippen molar-refractivity contribution in [1.82, 2.24) is 9.78 Å². The van der Waals surface area contributed by atoms with E-state index >= 15 is 0 Å². The van der Waals surface area contributed by atoms with Crippen molar-refractivity contribution in [2.24, 2.45) is 0 Å². The van der Waals surface area contributed by atoms with E-state index in [1.807, 2.05) is 42.7 Å². The molecule has 0 atom stereocenters. The van der Waals surface area contributed by atoms with Crippen LogP contribution in [0.25, 0.3) is 5.69 Å². The number of anilines is 1. The highest BCUT2D eigenvalue weighted by molar-refractivity contribution is 7.98. The van der Waals surface area contributed by atoms with Crippen LogP contribution in [0.3, 0.4) is 0 Å². The normalized spacial score (nSPS) is 10.4. The van der Waals surface area contributed by atoms with E-state index in [1.165, 1.54) is 0 Å². The number of nitrogens with two attached hydrogens (primary N) is 1. The van der Waals surface area contributed by atoms with E-state index in [0.29, 0.717) is 5.82 Å². The fraction of sp³-hybridized carbons (Fsp3) is 0.100. The molecule has 1 heterocycles. The van der Waals surface area contributed by atoms with Gasteiger partial charge in [0.05, 0.1) is 5.69 Å². The Bertz CT molecular complexity index is 422. The molecular formula is C10H11N3S. The van der Waals surface area contributed by atoms with Crippen LogP contribution in [0.5, 0.6) is 0 Å². The van der Waals surface area contributed by atoms with Gasteiger partial charge < -0.3 is 5.73 Å². The van der Waals surface area contributed by atoms with Crippen molar-refractivity contribution in [3.63, 3.8) is 0 Å². The molecule has 0 unspecified atom stereocenters. The molecule has 0 amide bonds. The van der Waals surface area contributed by atoms with Gasteiger partial charge in [-0.2, -0.15) is 5.10 Å². The number of nitrogen functional groups attached to an aromatic ring is 1. The molecule has 0 saturated heterocycles. The van der Waals surface area contributed by atoms with Gasteiger partial charge in [-0.1, -0.05) is 18.2 Å². The van der Waals surface area contributed by atoms with Gasteiger partial charge in [-0.15, -0.1) is 11.8 Å². The fourth-order valence-corrected chi connectivity index (χ4v) is 1.65. The molecule has 0 radical (unpaired) electrons. The van der Waals surface area contributed by atoms with Crippen molar-refractivity contribution in [3.05, 3.63) is 36.4 Å². The molecule has 0 aliphatic carbocycles. The van der Waals surface area contributed by atoms with E-state index in [9.17, 15) is 0 Å². The van der Waals surface area contributed by atoms with Gasteiger partial charge in [-0.05, 0) is 18.4 Å². The molecule has 72 valence electrons. The van der Waals surface area contributed by atoms with Crippen molar-refractivity contribution >= 4 is 17.6 Å². The summed E-state index contributed by atoms with van der Waals surface area (Å²) in [5.41, 5.74) is 6.83. The molecule has 0 spiro atoms. The van der Waals surface area contributed by atoms with Gasteiger partial charge in [0, 0.05) is 6.07 Å². The number of rotatable bonds is 2. The fourth-order valence-electron chi connectivity index (χ4n) is 1.25. The first-order chi connectivity index (χ1) is 6.81. The molecule has 2 rings (SSSR count). The summed E-state index contributed by atoms with van der Waals surface area (Å²) in [6, 6.07) is 11.7. The van der Waals surface area contributed by atoms with Gasteiger partial charge in [-0.3, -0.25) is 0 Å². The second-order valence-electron chi connectivity index (χ2n) is 2.86. The van der Waals surface area contributed by atoms with E-state index in [0.717, 1.165) is 10.7 Å². The van der Waals surface area contributed by atoms with Gasteiger partial charge in [0.1, 0.15) is 10.8 Å². The Morgan fingerprint density at radius 3 is 2.57 bits per heavy atom. The maximum atomic E-state index is 5.84. The van der Waals surface area contributed by atoms with Crippen LogP contribution in [-0.4, -0.2) is 16.0 Å². The third kappa shape index (κ3) is 1.61. The van der Waals surface area contributed by atoms with Gasteiger partial charge in [0.25, 0.3) is 0 Å². The molecule has 3 nitrogen and oxygen atoms in total. The zero-order chi connectivity index (χ0) is 9.97. The summed E-state index contributed by atoms with van der Waals surface area (Å²) in [6.07, 6.45) is 1.98. The van der Waals surface area contributed by atoms with Gasteiger partial charge in [-0.25, -0.2) is 4.68 Å². The lowest BCUT2D eigenvalue weighted by Crippen LogP contribution is -2.00. The van der Waals surface area contributed by atoms with Crippen LogP contribution < -0.4 is 5.73 Å². The van der Waals surface area contributed by atoms with Crippen molar-refractivity contribution < 1.29 is 0 Å². The smallest absolute Gasteiger partial charge is 0.128 e. The van der Waals surface area contributed by atoms with E-state index < -0.39 is 0 Å². The summed E-state index contributed by atoms with van der Waals surface area (Å²) in [5.74, 6) is 0.667. The van der Waals surface area contributed by atoms with Crippen LogP contribution in [-0.2, 0) is 0 Å². The Kier molecular flexibility index (Phi) is 2.45. The lowest BCUT2D eigenvalue weighted by molar-refractivity contribution is 0.846. The maximum absolute atomic E-state index is 5.84. The summed E-state index contributed by atoms with van der Waals surface area (Å²) in [7, 11) is 0. The zero-order valence-electron chi connectivity index (χ0n) is 7.84. The third-order valence-electron chi connectivity index (χ3n) is 1.92. The zero-order valence-corrected chi connectivity index (χ0v) is 8.66. The van der Waals surface area contributed by atoms with Crippen molar-refractivity contribution in [2.45, 2.75) is 5.03 Å². The first-order valence-electron chi connectivity index (χ1n) is 4.26. The second kappa shape index (κ2) is 3.75. The largest absolute Gasteiger partial charge is 0.384 e. The van der Waals surface area contributed by atoms with Gasteiger partial charge in [0.15, 0.2) is 0 Å². The van der Waals surface area contributed by atoms with Crippen molar-refractivity contribution in [3.8, 4) is 5.69 Å². The second-order valence-corrected chi connectivity index (χ2v) is 3.69. The average molecular weight is 205 g/mol. The quantitative estimate of drug-likeness (QED) is 0.764. The molecule has 0 bridgehead atoms.